The van der Waals surface area contributed by atoms with E-state index in [1.807, 2.05) is 24.3 Å². The smallest absolute Gasteiger partial charge is 0.258 e. The van der Waals surface area contributed by atoms with Crippen LogP contribution in [-0.4, -0.2) is 37.5 Å². The van der Waals surface area contributed by atoms with Crippen molar-refractivity contribution in [1.29, 1.82) is 0 Å². The molecule has 3 rings (SSSR count). The van der Waals surface area contributed by atoms with Crippen LogP contribution in [0.15, 0.2) is 76.4 Å². The van der Waals surface area contributed by atoms with Gasteiger partial charge in [-0.15, -0.1) is 11.8 Å². The molecule has 1 aromatic heterocycles. The predicted octanol–water partition coefficient (Wildman–Crippen LogP) is 3.37. The summed E-state index contributed by atoms with van der Waals surface area (Å²) in [6, 6.07) is 18.3. The van der Waals surface area contributed by atoms with Gasteiger partial charge in [-0.25, -0.2) is 5.43 Å². The normalized spacial score (nSPS) is 10.7. The van der Waals surface area contributed by atoms with E-state index in [2.05, 4.69) is 15.8 Å². The number of rotatable bonds is 12. The minimum Gasteiger partial charge on any atom is -0.497 e. The molecule has 2 amide bonds. The Labute approximate surface area is 196 Å². The lowest BCUT2D eigenvalue weighted by molar-refractivity contribution is -0.123. The van der Waals surface area contributed by atoms with E-state index in [1.165, 1.54) is 11.8 Å². The first-order valence-corrected chi connectivity index (χ1v) is 11.3. The van der Waals surface area contributed by atoms with Gasteiger partial charge in [0, 0.05) is 5.75 Å². The molecule has 2 N–H and O–H groups in total. The second-order valence-electron chi connectivity index (χ2n) is 6.85. The molecule has 8 nitrogen and oxygen atoms in total. The number of carbonyl (C=O) groups is 2. The van der Waals surface area contributed by atoms with Crippen LogP contribution in [0.3, 0.4) is 0 Å². The van der Waals surface area contributed by atoms with Gasteiger partial charge >= 0.3 is 0 Å². The highest BCUT2D eigenvalue weighted by molar-refractivity contribution is 7.99. The molecule has 0 saturated carbocycles. The Kier molecular flexibility index (Phi) is 9.41. The van der Waals surface area contributed by atoms with Gasteiger partial charge in [-0.3, -0.25) is 9.59 Å². The van der Waals surface area contributed by atoms with E-state index < -0.39 is 0 Å². The Morgan fingerprint density at radius 1 is 1.03 bits per heavy atom. The van der Waals surface area contributed by atoms with Crippen LogP contribution in [0.1, 0.15) is 16.9 Å². The van der Waals surface area contributed by atoms with Crippen LogP contribution < -0.4 is 20.2 Å². The maximum atomic E-state index is 11.9. The average Bonchev–Trinajstić information content (AvgIpc) is 3.36. The van der Waals surface area contributed by atoms with Crippen LogP contribution in [0.5, 0.6) is 11.5 Å². The molecule has 0 saturated heterocycles. The Morgan fingerprint density at radius 3 is 2.48 bits per heavy atom. The number of hydrogen-bond donors (Lipinski definition) is 2. The molecule has 0 aliphatic carbocycles. The van der Waals surface area contributed by atoms with Crippen molar-refractivity contribution in [2.75, 3.05) is 19.5 Å². The Morgan fingerprint density at radius 2 is 1.79 bits per heavy atom. The van der Waals surface area contributed by atoms with E-state index in [4.69, 9.17) is 13.9 Å². The molecule has 0 atom stereocenters. The monoisotopic (exact) mass is 467 g/mol. The second-order valence-corrected chi connectivity index (χ2v) is 7.83. The lowest BCUT2D eigenvalue weighted by Gasteiger charge is -2.07. The summed E-state index contributed by atoms with van der Waals surface area (Å²) < 4.78 is 15.7. The topological polar surface area (TPSA) is 102 Å². The zero-order valence-electron chi connectivity index (χ0n) is 18.2. The van der Waals surface area contributed by atoms with Gasteiger partial charge in [0.15, 0.2) is 6.61 Å². The molecule has 1 heterocycles. The molecule has 0 aliphatic rings. The minimum absolute atomic E-state index is 0.0988. The van der Waals surface area contributed by atoms with Crippen LogP contribution in [0.4, 0.5) is 0 Å². The van der Waals surface area contributed by atoms with E-state index in [0.29, 0.717) is 23.8 Å². The van der Waals surface area contributed by atoms with Gasteiger partial charge in [0.05, 0.1) is 31.9 Å². The van der Waals surface area contributed by atoms with E-state index in [-0.39, 0.29) is 18.4 Å². The third-order valence-electron chi connectivity index (χ3n) is 4.35. The number of ether oxygens (including phenoxy) is 2. The van der Waals surface area contributed by atoms with Gasteiger partial charge in [0.2, 0.25) is 5.91 Å². The maximum Gasteiger partial charge on any atom is 0.258 e. The van der Waals surface area contributed by atoms with Crippen molar-refractivity contribution in [3.63, 3.8) is 0 Å². The highest BCUT2D eigenvalue weighted by atomic mass is 32.2. The number of thioether (sulfide) groups is 1. The van der Waals surface area contributed by atoms with Crippen molar-refractivity contribution in [3.8, 4) is 11.5 Å². The number of benzene rings is 2. The fraction of sp³-hybridized carbons (Fsp3) is 0.208. The highest BCUT2D eigenvalue weighted by Crippen LogP contribution is 2.16. The second kappa shape index (κ2) is 13.0. The van der Waals surface area contributed by atoms with Crippen LogP contribution in [0, 0.1) is 0 Å². The van der Waals surface area contributed by atoms with E-state index in [0.717, 1.165) is 22.6 Å². The largest absolute Gasteiger partial charge is 0.497 e. The van der Waals surface area contributed by atoms with Crippen molar-refractivity contribution in [1.82, 2.24) is 10.7 Å². The number of carbonyl (C=O) groups excluding carboxylic acids is 2. The number of hydrogen-bond acceptors (Lipinski definition) is 7. The summed E-state index contributed by atoms with van der Waals surface area (Å²) in [6.07, 6.45) is 3.10. The summed E-state index contributed by atoms with van der Waals surface area (Å²) in [7, 11) is 1.63. The summed E-state index contributed by atoms with van der Waals surface area (Å²) >= 11 is 1.51. The molecule has 0 spiro atoms. The Balaban J connectivity index is 1.31. The molecule has 0 aliphatic heterocycles. The first kappa shape index (κ1) is 23.9. The number of furan rings is 1. The van der Waals surface area contributed by atoms with Gasteiger partial charge < -0.3 is 19.2 Å². The van der Waals surface area contributed by atoms with Crippen molar-refractivity contribution in [2.24, 2.45) is 5.10 Å². The summed E-state index contributed by atoms with van der Waals surface area (Å²) in [5.41, 5.74) is 4.42. The summed E-state index contributed by atoms with van der Waals surface area (Å²) in [5.74, 6) is 2.65. The van der Waals surface area contributed by atoms with Gasteiger partial charge in [0.1, 0.15) is 17.3 Å². The summed E-state index contributed by atoms with van der Waals surface area (Å²) in [5, 5.41) is 6.68. The van der Waals surface area contributed by atoms with Crippen molar-refractivity contribution >= 4 is 29.8 Å². The number of nitrogens with zero attached hydrogens (tertiary/aromatic N) is 1. The standard InChI is InChI=1S/C24H25N3O5S/c1-30-20-8-6-19(7-9-20)16-33-17-24(29)27-26-13-18-4-10-21(11-5-18)32-15-23(28)25-14-22-3-2-12-31-22/h2-13H,14-17H2,1H3,(H,25,28)(H,27,29). The number of nitrogens with one attached hydrogen (secondary N) is 2. The van der Waals surface area contributed by atoms with Crippen LogP contribution in [-0.2, 0) is 21.9 Å². The molecule has 33 heavy (non-hydrogen) atoms. The van der Waals surface area contributed by atoms with Gasteiger partial charge in [-0.2, -0.15) is 5.10 Å². The predicted molar refractivity (Wildman–Crippen MR) is 127 cm³/mol. The first-order valence-electron chi connectivity index (χ1n) is 10.2. The molecule has 9 heteroatoms. The van der Waals surface area contributed by atoms with E-state index in [9.17, 15) is 9.59 Å². The number of amides is 2. The molecule has 2 aromatic carbocycles. The first-order chi connectivity index (χ1) is 16.1. The van der Waals surface area contributed by atoms with Crippen molar-refractivity contribution in [2.45, 2.75) is 12.3 Å². The summed E-state index contributed by atoms with van der Waals surface area (Å²) in [6.45, 7) is 0.217. The van der Waals surface area contributed by atoms with Crippen LogP contribution in [0.2, 0.25) is 0 Å². The molecule has 172 valence electrons. The van der Waals surface area contributed by atoms with Gasteiger partial charge in [0.25, 0.3) is 5.91 Å². The molecule has 0 radical (unpaired) electrons. The van der Waals surface area contributed by atoms with Crippen LogP contribution >= 0.6 is 11.8 Å². The fourth-order valence-electron chi connectivity index (χ4n) is 2.64. The maximum absolute atomic E-state index is 11.9. The third-order valence-corrected chi connectivity index (χ3v) is 5.36. The zero-order valence-corrected chi connectivity index (χ0v) is 19.0. The number of methoxy groups -OCH3 is 1. The lowest BCUT2D eigenvalue weighted by atomic mass is 10.2. The molecule has 0 unspecified atom stereocenters. The van der Waals surface area contributed by atoms with Gasteiger partial charge in [-0.05, 0) is 59.7 Å². The molecule has 3 aromatic rings. The highest BCUT2D eigenvalue weighted by Gasteiger charge is 2.04. The summed E-state index contributed by atoms with van der Waals surface area (Å²) in [4.78, 5) is 23.7. The average molecular weight is 468 g/mol. The molecule has 0 fully saturated rings. The van der Waals surface area contributed by atoms with E-state index in [1.54, 1.807) is 56.0 Å². The Bertz CT molecular complexity index is 1030. The van der Waals surface area contributed by atoms with Gasteiger partial charge in [-0.1, -0.05) is 12.1 Å². The molecule has 0 bridgehead atoms. The SMILES string of the molecule is COc1ccc(CSCC(=O)NN=Cc2ccc(OCC(=O)NCc3ccco3)cc2)cc1. The fourth-order valence-corrected chi connectivity index (χ4v) is 3.42. The quantitative estimate of drug-likeness (QED) is 0.313. The minimum atomic E-state index is -0.246. The van der Waals surface area contributed by atoms with Crippen molar-refractivity contribution < 1.29 is 23.5 Å². The van der Waals surface area contributed by atoms with Crippen molar-refractivity contribution in [3.05, 3.63) is 83.8 Å². The molecular formula is C24H25N3O5S. The Hall–Kier alpha value is -3.72. The lowest BCUT2D eigenvalue weighted by Crippen LogP contribution is -2.28. The zero-order chi connectivity index (χ0) is 23.3. The third kappa shape index (κ3) is 8.74. The van der Waals surface area contributed by atoms with E-state index >= 15 is 0 Å². The number of hydrazone groups is 1. The van der Waals surface area contributed by atoms with Crippen LogP contribution in [0.25, 0.3) is 0 Å². The molecular weight excluding hydrogens is 442 g/mol.